The van der Waals surface area contributed by atoms with Gasteiger partial charge in [-0.15, -0.1) is 0 Å². The molecule has 0 radical (unpaired) electrons. The summed E-state index contributed by atoms with van der Waals surface area (Å²) in [5.41, 5.74) is 13.1. The van der Waals surface area contributed by atoms with E-state index in [0.29, 0.717) is 11.9 Å². The van der Waals surface area contributed by atoms with E-state index >= 15 is 0 Å². The van der Waals surface area contributed by atoms with Crippen molar-refractivity contribution in [2.45, 2.75) is 40.4 Å². The standard InChI is InChI=1S/C29H31N5/c1-20(2)17-34-27-25-21(3)11-10-16-24(25)31-28(26(27)32-29(34)30)33(18-22-12-6-4-7-13-22)19-23-14-8-5-9-15-23/h4-16,20H,17-19H2,1-3H3,(H2,30,32). The van der Waals surface area contributed by atoms with Crippen molar-refractivity contribution >= 4 is 33.7 Å². The molecule has 0 unspecified atom stereocenters. The Kier molecular flexibility index (Phi) is 5.93. The molecule has 0 amide bonds. The summed E-state index contributed by atoms with van der Waals surface area (Å²) >= 11 is 0. The molecule has 0 spiro atoms. The first-order valence-electron chi connectivity index (χ1n) is 11.9. The van der Waals surface area contributed by atoms with Crippen molar-refractivity contribution in [2.75, 3.05) is 10.6 Å². The Morgan fingerprint density at radius 1 is 0.824 bits per heavy atom. The highest BCUT2D eigenvalue weighted by molar-refractivity contribution is 6.09. The molecule has 0 saturated heterocycles. The third-order valence-corrected chi connectivity index (χ3v) is 6.20. The number of nitrogen functional groups attached to an aromatic ring is 1. The Hall–Kier alpha value is -3.86. The molecule has 0 aliphatic rings. The molecule has 0 atom stereocenters. The van der Waals surface area contributed by atoms with Crippen LogP contribution in [-0.4, -0.2) is 14.5 Å². The van der Waals surface area contributed by atoms with Gasteiger partial charge in [-0.1, -0.05) is 86.6 Å². The van der Waals surface area contributed by atoms with Crippen LogP contribution in [0.2, 0.25) is 0 Å². The largest absolute Gasteiger partial charge is 0.369 e. The topological polar surface area (TPSA) is 60.0 Å². The van der Waals surface area contributed by atoms with Gasteiger partial charge in [0.2, 0.25) is 5.95 Å². The van der Waals surface area contributed by atoms with E-state index in [4.69, 9.17) is 15.7 Å². The van der Waals surface area contributed by atoms with E-state index in [0.717, 1.165) is 47.4 Å². The quantitative estimate of drug-likeness (QED) is 0.315. The van der Waals surface area contributed by atoms with Crippen LogP contribution >= 0.6 is 0 Å². The lowest BCUT2D eigenvalue weighted by molar-refractivity contribution is 0.538. The molecule has 2 N–H and O–H groups in total. The second-order valence-electron chi connectivity index (χ2n) is 9.40. The van der Waals surface area contributed by atoms with Gasteiger partial charge in [0.25, 0.3) is 0 Å². The number of hydrogen-bond donors (Lipinski definition) is 1. The maximum Gasteiger partial charge on any atom is 0.201 e. The van der Waals surface area contributed by atoms with Crippen molar-refractivity contribution in [3.8, 4) is 0 Å². The van der Waals surface area contributed by atoms with Gasteiger partial charge in [-0.2, -0.15) is 0 Å². The summed E-state index contributed by atoms with van der Waals surface area (Å²) in [5.74, 6) is 1.86. The van der Waals surface area contributed by atoms with Crippen LogP contribution in [0.1, 0.15) is 30.5 Å². The second kappa shape index (κ2) is 9.18. The molecule has 3 aromatic carbocycles. The zero-order valence-electron chi connectivity index (χ0n) is 20.1. The van der Waals surface area contributed by atoms with Crippen LogP contribution in [0.3, 0.4) is 0 Å². The highest BCUT2D eigenvalue weighted by Gasteiger charge is 2.22. The van der Waals surface area contributed by atoms with Crippen LogP contribution in [0.4, 0.5) is 11.8 Å². The van der Waals surface area contributed by atoms with Gasteiger partial charge in [0, 0.05) is 25.0 Å². The summed E-state index contributed by atoms with van der Waals surface area (Å²) in [5, 5.41) is 1.13. The van der Waals surface area contributed by atoms with Crippen LogP contribution in [-0.2, 0) is 19.6 Å². The van der Waals surface area contributed by atoms with E-state index in [1.165, 1.54) is 16.7 Å². The molecule has 0 saturated carbocycles. The fourth-order valence-corrected chi connectivity index (χ4v) is 4.68. The van der Waals surface area contributed by atoms with E-state index in [9.17, 15) is 0 Å². The van der Waals surface area contributed by atoms with Crippen LogP contribution in [0.15, 0.2) is 78.9 Å². The molecule has 0 aliphatic carbocycles. The molecule has 0 bridgehead atoms. The summed E-state index contributed by atoms with van der Waals surface area (Å²) in [6, 6.07) is 27.4. The molecule has 5 aromatic rings. The molecule has 5 nitrogen and oxygen atoms in total. The van der Waals surface area contributed by atoms with Crippen molar-refractivity contribution in [1.82, 2.24) is 14.5 Å². The number of anilines is 2. The molecular formula is C29H31N5. The minimum Gasteiger partial charge on any atom is -0.369 e. The number of fused-ring (bicyclic) bond motifs is 3. The Morgan fingerprint density at radius 3 is 2.03 bits per heavy atom. The Morgan fingerprint density at radius 2 is 1.44 bits per heavy atom. The summed E-state index contributed by atoms with van der Waals surface area (Å²) in [6.45, 7) is 8.82. The van der Waals surface area contributed by atoms with Gasteiger partial charge in [-0.25, -0.2) is 9.97 Å². The molecule has 0 aliphatic heterocycles. The normalized spacial score (nSPS) is 11.5. The number of pyridine rings is 1. The Balaban J connectivity index is 1.76. The molecular weight excluding hydrogens is 418 g/mol. The molecule has 0 fully saturated rings. The fraction of sp³-hybridized carbons (Fsp3) is 0.241. The van der Waals surface area contributed by atoms with Gasteiger partial charge >= 0.3 is 0 Å². The minimum atomic E-state index is 0.445. The predicted octanol–water partition coefficient (Wildman–Crippen LogP) is 6.34. The van der Waals surface area contributed by atoms with Gasteiger partial charge in [-0.3, -0.25) is 0 Å². The highest BCUT2D eigenvalue weighted by atomic mass is 15.2. The van der Waals surface area contributed by atoms with Gasteiger partial charge in [0.05, 0.1) is 11.0 Å². The van der Waals surface area contributed by atoms with E-state index in [1.54, 1.807) is 0 Å². The monoisotopic (exact) mass is 449 g/mol. The number of rotatable bonds is 7. The lowest BCUT2D eigenvalue weighted by atomic mass is 10.1. The first-order chi connectivity index (χ1) is 16.5. The van der Waals surface area contributed by atoms with Gasteiger partial charge in [-0.05, 0) is 35.6 Å². The van der Waals surface area contributed by atoms with Gasteiger partial charge < -0.3 is 15.2 Å². The number of aromatic nitrogens is 3. The molecule has 5 rings (SSSR count). The molecule has 2 aromatic heterocycles. The minimum absolute atomic E-state index is 0.445. The maximum atomic E-state index is 6.52. The number of hydrogen-bond acceptors (Lipinski definition) is 4. The summed E-state index contributed by atoms with van der Waals surface area (Å²) < 4.78 is 2.17. The Labute approximate surface area is 200 Å². The van der Waals surface area contributed by atoms with Crippen molar-refractivity contribution in [3.63, 3.8) is 0 Å². The van der Waals surface area contributed by atoms with Crippen molar-refractivity contribution < 1.29 is 0 Å². The molecule has 5 heteroatoms. The smallest absolute Gasteiger partial charge is 0.201 e. The SMILES string of the molecule is Cc1cccc2nc(N(Cc3ccccc3)Cc3ccccc3)c3nc(N)n(CC(C)C)c3c12. The average Bonchev–Trinajstić information content (AvgIpc) is 3.15. The summed E-state index contributed by atoms with van der Waals surface area (Å²) in [7, 11) is 0. The lowest BCUT2D eigenvalue weighted by Gasteiger charge is -2.25. The van der Waals surface area contributed by atoms with Crippen molar-refractivity contribution in [1.29, 1.82) is 0 Å². The van der Waals surface area contributed by atoms with Crippen molar-refractivity contribution in [3.05, 3.63) is 95.6 Å². The number of aryl methyl sites for hydroxylation is 1. The maximum absolute atomic E-state index is 6.52. The third kappa shape index (κ3) is 4.21. The third-order valence-electron chi connectivity index (χ3n) is 6.20. The fourth-order valence-electron chi connectivity index (χ4n) is 4.68. The lowest BCUT2D eigenvalue weighted by Crippen LogP contribution is -2.23. The zero-order chi connectivity index (χ0) is 23.7. The van der Waals surface area contributed by atoms with Crippen LogP contribution < -0.4 is 10.6 Å². The zero-order valence-corrected chi connectivity index (χ0v) is 20.1. The molecule has 2 heterocycles. The van der Waals surface area contributed by atoms with Gasteiger partial charge in [0.1, 0.15) is 5.52 Å². The number of imidazole rings is 1. The average molecular weight is 450 g/mol. The number of nitrogens with zero attached hydrogens (tertiary/aromatic N) is 4. The van der Waals surface area contributed by atoms with Crippen LogP contribution in [0.5, 0.6) is 0 Å². The Bertz CT molecular complexity index is 1380. The summed E-state index contributed by atoms with van der Waals surface area (Å²) in [4.78, 5) is 12.4. The molecule has 34 heavy (non-hydrogen) atoms. The predicted molar refractivity (Wildman–Crippen MR) is 142 cm³/mol. The highest BCUT2D eigenvalue weighted by Crippen LogP contribution is 2.36. The van der Waals surface area contributed by atoms with Crippen molar-refractivity contribution in [2.24, 2.45) is 5.92 Å². The first-order valence-corrected chi connectivity index (χ1v) is 11.9. The van der Waals surface area contributed by atoms with Gasteiger partial charge in [0.15, 0.2) is 5.82 Å². The number of nitrogens with two attached hydrogens (primary N) is 1. The van der Waals surface area contributed by atoms with E-state index < -0.39 is 0 Å². The van der Waals surface area contributed by atoms with E-state index in [2.05, 4.69) is 109 Å². The first kappa shape index (κ1) is 22.0. The van der Waals surface area contributed by atoms with E-state index in [-0.39, 0.29) is 0 Å². The van der Waals surface area contributed by atoms with E-state index in [1.807, 2.05) is 0 Å². The summed E-state index contributed by atoms with van der Waals surface area (Å²) in [6.07, 6.45) is 0. The number of benzene rings is 3. The van der Waals surface area contributed by atoms with Crippen LogP contribution in [0, 0.1) is 12.8 Å². The van der Waals surface area contributed by atoms with Crippen LogP contribution in [0.25, 0.3) is 21.9 Å². The molecule has 172 valence electrons. The second-order valence-corrected chi connectivity index (χ2v) is 9.40.